The van der Waals surface area contributed by atoms with Crippen molar-refractivity contribution in [2.45, 2.75) is 32.8 Å². The minimum Gasteiger partial charge on any atom is -0.489 e. The predicted molar refractivity (Wildman–Crippen MR) is 75.9 cm³/mol. The predicted octanol–water partition coefficient (Wildman–Crippen LogP) is 4.70. The average molecular weight is 258 g/mol. The van der Waals surface area contributed by atoms with Crippen molar-refractivity contribution < 1.29 is 9.13 Å². The number of rotatable bonds is 3. The lowest BCUT2D eigenvalue weighted by molar-refractivity contribution is 0.299. The van der Waals surface area contributed by atoms with E-state index in [1.165, 1.54) is 11.6 Å². The fourth-order valence-electron chi connectivity index (χ4n) is 1.83. The van der Waals surface area contributed by atoms with Crippen molar-refractivity contribution >= 4 is 0 Å². The molecule has 2 aromatic rings. The molecule has 0 aliphatic rings. The SMILES string of the molecule is CC(C)(C)c1ccc(OCc2ccccc2F)cc1. The maximum atomic E-state index is 13.4. The molecule has 0 atom stereocenters. The van der Waals surface area contributed by atoms with Gasteiger partial charge >= 0.3 is 0 Å². The van der Waals surface area contributed by atoms with E-state index in [1.807, 2.05) is 18.2 Å². The van der Waals surface area contributed by atoms with E-state index >= 15 is 0 Å². The quantitative estimate of drug-likeness (QED) is 0.775. The van der Waals surface area contributed by atoms with Gasteiger partial charge in [0.2, 0.25) is 0 Å². The number of halogens is 1. The Hall–Kier alpha value is -1.83. The minimum atomic E-state index is -0.228. The third-order valence-electron chi connectivity index (χ3n) is 3.07. The molecule has 0 fully saturated rings. The van der Waals surface area contributed by atoms with Crippen LogP contribution < -0.4 is 4.74 Å². The summed E-state index contributed by atoms with van der Waals surface area (Å²) in [5.74, 6) is 0.532. The second-order valence-electron chi connectivity index (χ2n) is 5.65. The van der Waals surface area contributed by atoms with Crippen molar-refractivity contribution in [2.75, 3.05) is 0 Å². The van der Waals surface area contributed by atoms with Crippen LogP contribution in [-0.4, -0.2) is 0 Å². The van der Waals surface area contributed by atoms with Crippen LogP contribution in [0.4, 0.5) is 4.39 Å². The first kappa shape index (κ1) is 13.6. The standard InChI is InChI=1S/C17H19FO/c1-17(2,3)14-8-10-15(11-9-14)19-12-13-6-4-5-7-16(13)18/h4-11H,12H2,1-3H3. The van der Waals surface area contributed by atoms with Crippen molar-refractivity contribution in [1.82, 2.24) is 0 Å². The average Bonchev–Trinajstić information content (AvgIpc) is 2.37. The molecule has 19 heavy (non-hydrogen) atoms. The zero-order chi connectivity index (χ0) is 13.9. The zero-order valence-corrected chi connectivity index (χ0v) is 11.6. The highest BCUT2D eigenvalue weighted by Gasteiger charge is 2.13. The van der Waals surface area contributed by atoms with Crippen molar-refractivity contribution in [1.29, 1.82) is 0 Å². The van der Waals surface area contributed by atoms with Crippen LogP contribution in [0, 0.1) is 5.82 Å². The molecule has 0 unspecified atom stereocenters. The van der Waals surface area contributed by atoms with E-state index in [4.69, 9.17) is 4.74 Å². The number of hydrogen-bond acceptors (Lipinski definition) is 1. The smallest absolute Gasteiger partial charge is 0.129 e. The Labute approximate surface area is 114 Å². The summed E-state index contributed by atoms with van der Waals surface area (Å²) < 4.78 is 19.0. The molecule has 0 saturated carbocycles. The molecular formula is C17H19FO. The van der Waals surface area contributed by atoms with Gasteiger partial charge < -0.3 is 4.74 Å². The molecule has 0 spiro atoms. The van der Waals surface area contributed by atoms with Crippen LogP contribution in [0.1, 0.15) is 31.9 Å². The van der Waals surface area contributed by atoms with E-state index in [9.17, 15) is 4.39 Å². The Bertz CT molecular complexity index is 538. The van der Waals surface area contributed by atoms with Crippen LogP contribution in [0.25, 0.3) is 0 Å². The summed E-state index contributed by atoms with van der Waals surface area (Å²) in [5.41, 5.74) is 1.96. The van der Waals surface area contributed by atoms with Gasteiger partial charge in [-0.3, -0.25) is 0 Å². The van der Waals surface area contributed by atoms with Gasteiger partial charge in [-0.25, -0.2) is 4.39 Å². The van der Waals surface area contributed by atoms with Gasteiger partial charge in [-0.05, 0) is 29.2 Å². The minimum absolute atomic E-state index is 0.129. The van der Waals surface area contributed by atoms with Crippen LogP contribution in [0.3, 0.4) is 0 Å². The van der Waals surface area contributed by atoms with Crippen LogP contribution in [0.2, 0.25) is 0 Å². The first-order valence-corrected chi connectivity index (χ1v) is 6.43. The van der Waals surface area contributed by atoms with Crippen LogP contribution in [0.15, 0.2) is 48.5 Å². The Balaban J connectivity index is 2.03. The third kappa shape index (κ3) is 3.57. The fraction of sp³-hybridized carbons (Fsp3) is 0.294. The molecule has 0 bridgehead atoms. The highest BCUT2D eigenvalue weighted by molar-refractivity contribution is 5.31. The molecule has 2 aromatic carbocycles. The molecule has 0 radical (unpaired) electrons. The van der Waals surface area contributed by atoms with Crippen molar-refractivity contribution in [3.05, 3.63) is 65.5 Å². The maximum Gasteiger partial charge on any atom is 0.129 e. The summed E-state index contributed by atoms with van der Waals surface area (Å²) in [7, 11) is 0. The van der Waals surface area contributed by atoms with E-state index in [1.54, 1.807) is 12.1 Å². The fourth-order valence-corrected chi connectivity index (χ4v) is 1.83. The summed E-state index contributed by atoms with van der Waals surface area (Å²) >= 11 is 0. The molecule has 100 valence electrons. The Kier molecular flexibility index (Phi) is 3.89. The summed E-state index contributed by atoms with van der Waals surface area (Å²) in [6.45, 7) is 6.76. The van der Waals surface area contributed by atoms with Gasteiger partial charge in [-0.1, -0.05) is 51.1 Å². The molecule has 0 heterocycles. The lowest BCUT2D eigenvalue weighted by Gasteiger charge is -2.19. The largest absolute Gasteiger partial charge is 0.489 e. The Morgan fingerprint density at radius 1 is 0.947 bits per heavy atom. The molecule has 2 rings (SSSR count). The summed E-state index contributed by atoms with van der Waals surface area (Å²) in [6.07, 6.45) is 0. The second-order valence-corrected chi connectivity index (χ2v) is 5.65. The lowest BCUT2D eigenvalue weighted by Crippen LogP contribution is -2.10. The van der Waals surface area contributed by atoms with E-state index < -0.39 is 0 Å². The van der Waals surface area contributed by atoms with E-state index in [0.717, 1.165) is 5.75 Å². The highest BCUT2D eigenvalue weighted by Crippen LogP contribution is 2.24. The molecular weight excluding hydrogens is 239 g/mol. The molecule has 1 nitrogen and oxygen atoms in total. The van der Waals surface area contributed by atoms with Crippen LogP contribution in [-0.2, 0) is 12.0 Å². The Morgan fingerprint density at radius 3 is 2.16 bits per heavy atom. The summed E-state index contributed by atoms with van der Waals surface area (Å²) in [5, 5.41) is 0. The van der Waals surface area contributed by atoms with Crippen molar-refractivity contribution in [3.8, 4) is 5.75 Å². The highest BCUT2D eigenvalue weighted by atomic mass is 19.1. The van der Waals surface area contributed by atoms with E-state index in [2.05, 4.69) is 32.9 Å². The Morgan fingerprint density at radius 2 is 1.58 bits per heavy atom. The maximum absolute atomic E-state index is 13.4. The first-order valence-electron chi connectivity index (χ1n) is 6.43. The summed E-state index contributed by atoms with van der Waals surface area (Å²) in [4.78, 5) is 0. The zero-order valence-electron chi connectivity index (χ0n) is 11.6. The monoisotopic (exact) mass is 258 g/mol. The number of ether oxygens (including phenoxy) is 1. The lowest BCUT2D eigenvalue weighted by atomic mass is 9.87. The molecule has 0 amide bonds. The van der Waals surface area contributed by atoms with Gasteiger partial charge in [-0.2, -0.15) is 0 Å². The molecule has 0 saturated heterocycles. The van der Waals surface area contributed by atoms with E-state index in [-0.39, 0.29) is 17.8 Å². The van der Waals surface area contributed by atoms with Gasteiger partial charge in [0.05, 0.1) is 0 Å². The number of benzene rings is 2. The van der Waals surface area contributed by atoms with Gasteiger partial charge in [0.1, 0.15) is 18.2 Å². The first-order chi connectivity index (χ1) is 8.97. The van der Waals surface area contributed by atoms with E-state index in [0.29, 0.717) is 5.56 Å². The van der Waals surface area contributed by atoms with Gasteiger partial charge in [0.15, 0.2) is 0 Å². The topological polar surface area (TPSA) is 9.23 Å². The summed E-state index contributed by atoms with van der Waals surface area (Å²) in [6, 6.07) is 14.6. The normalized spacial score (nSPS) is 11.4. The van der Waals surface area contributed by atoms with Gasteiger partial charge in [0.25, 0.3) is 0 Å². The van der Waals surface area contributed by atoms with Gasteiger partial charge in [0, 0.05) is 5.56 Å². The van der Waals surface area contributed by atoms with Gasteiger partial charge in [-0.15, -0.1) is 0 Å². The molecule has 0 aromatic heterocycles. The molecule has 0 aliphatic carbocycles. The second kappa shape index (κ2) is 5.43. The van der Waals surface area contributed by atoms with Crippen molar-refractivity contribution in [3.63, 3.8) is 0 Å². The van der Waals surface area contributed by atoms with Crippen LogP contribution in [0.5, 0.6) is 5.75 Å². The third-order valence-corrected chi connectivity index (χ3v) is 3.07. The number of hydrogen-bond donors (Lipinski definition) is 0. The van der Waals surface area contributed by atoms with Crippen LogP contribution >= 0.6 is 0 Å². The molecule has 2 heteroatoms. The molecule has 0 N–H and O–H groups in total. The molecule has 0 aliphatic heterocycles. The van der Waals surface area contributed by atoms with Crippen molar-refractivity contribution in [2.24, 2.45) is 0 Å².